The van der Waals surface area contributed by atoms with Crippen LogP contribution in [0, 0.1) is 0 Å². The zero-order chi connectivity index (χ0) is 12.4. The summed E-state index contributed by atoms with van der Waals surface area (Å²) in [5.74, 6) is 0.383. The molecule has 0 atom stereocenters. The maximum atomic E-state index is 6.10. The van der Waals surface area contributed by atoms with Gasteiger partial charge in [0.1, 0.15) is 5.02 Å². The monoisotopic (exact) mass is 287 g/mol. The molecule has 0 bridgehead atoms. The van der Waals surface area contributed by atoms with Crippen LogP contribution in [-0.4, -0.2) is 12.1 Å². The van der Waals surface area contributed by atoms with Gasteiger partial charge >= 0.3 is 0 Å². The first-order valence-electron chi connectivity index (χ1n) is 4.77. The van der Waals surface area contributed by atoms with Crippen LogP contribution < -0.4 is 4.74 Å². The second-order valence-electron chi connectivity index (χ2n) is 3.34. The number of aromatic nitrogens is 1. The number of benzene rings is 1. The number of pyridine rings is 1. The first-order chi connectivity index (χ1) is 8.11. The molecule has 1 heterocycles. The first-order valence-corrected chi connectivity index (χ1v) is 5.90. The molecule has 0 N–H and O–H groups in total. The highest BCUT2D eigenvalue weighted by Gasteiger charge is 2.08. The zero-order valence-electron chi connectivity index (χ0n) is 8.88. The summed E-state index contributed by atoms with van der Waals surface area (Å²) in [6, 6.07) is 6.97. The molecule has 0 fully saturated rings. The van der Waals surface area contributed by atoms with Crippen molar-refractivity contribution in [1.29, 1.82) is 0 Å². The van der Waals surface area contributed by atoms with E-state index in [9.17, 15) is 0 Å². The van der Waals surface area contributed by atoms with Gasteiger partial charge in [-0.1, -0.05) is 34.8 Å². The summed E-state index contributed by atoms with van der Waals surface area (Å²) in [5.41, 5.74) is 1.58. The van der Waals surface area contributed by atoms with E-state index in [1.54, 1.807) is 30.5 Å². The predicted octanol–water partition coefficient (Wildman–Crippen LogP) is 4.72. The van der Waals surface area contributed by atoms with Gasteiger partial charge in [0.2, 0.25) is 5.88 Å². The Morgan fingerprint density at radius 1 is 1.06 bits per heavy atom. The highest BCUT2D eigenvalue weighted by molar-refractivity contribution is 6.35. The maximum absolute atomic E-state index is 6.10. The van der Waals surface area contributed by atoms with E-state index in [-0.39, 0.29) is 0 Å². The Morgan fingerprint density at radius 2 is 1.82 bits per heavy atom. The van der Waals surface area contributed by atoms with Crippen LogP contribution >= 0.6 is 34.8 Å². The zero-order valence-corrected chi connectivity index (χ0v) is 11.1. The van der Waals surface area contributed by atoms with Crippen LogP contribution in [0.3, 0.4) is 0 Å². The fourth-order valence-electron chi connectivity index (χ4n) is 1.44. The third-order valence-electron chi connectivity index (χ3n) is 2.24. The molecule has 0 aliphatic carbocycles. The minimum atomic E-state index is 0.383. The summed E-state index contributed by atoms with van der Waals surface area (Å²) in [6.07, 6.45) is 1.64. The Morgan fingerprint density at radius 3 is 2.47 bits per heavy atom. The SMILES string of the molecule is COc1ncc(-c2cc(Cl)ccc2Cl)cc1Cl. The molecule has 2 aromatic rings. The Hall–Kier alpha value is -0.960. The van der Waals surface area contributed by atoms with Crippen LogP contribution in [0.4, 0.5) is 0 Å². The van der Waals surface area contributed by atoms with Crippen molar-refractivity contribution in [3.8, 4) is 17.0 Å². The first kappa shape index (κ1) is 12.5. The molecule has 17 heavy (non-hydrogen) atoms. The van der Waals surface area contributed by atoms with Crippen molar-refractivity contribution in [2.24, 2.45) is 0 Å². The van der Waals surface area contributed by atoms with Crippen LogP contribution in [-0.2, 0) is 0 Å². The van der Waals surface area contributed by atoms with Crippen molar-refractivity contribution in [3.05, 3.63) is 45.5 Å². The van der Waals surface area contributed by atoms with E-state index >= 15 is 0 Å². The molecule has 1 aromatic carbocycles. The van der Waals surface area contributed by atoms with Crippen molar-refractivity contribution in [1.82, 2.24) is 4.98 Å². The number of hydrogen-bond acceptors (Lipinski definition) is 2. The summed E-state index contributed by atoms with van der Waals surface area (Å²) in [6.45, 7) is 0. The molecule has 0 amide bonds. The van der Waals surface area contributed by atoms with E-state index in [4.69, 9.17) is 39.5 Å². The van der Waals surface area contributed by atoms with Gasteiger partial charge in [-0.2, -0.15) is 0 Å². The number of rotatable bonds is 2. The molecular formula is C12H8Cl3NO. The molecule has 0 radical (unpaired) electrons. The number of methoxy groups -OCH3 is 1. The molecule has 2 nitrogen and oxygen atoms in total. The summed E-state index contributed by atoms with van der Waals surface area (Å²) in [4.78, 5) is 4.09. The lowest BCUT2D eigenvalue weighted by atomic mass is 10.1. The number of ether oxygens (including phenoxy) is 1. The number of halogens is 3. The molecule has 0 aliphatic heterocycles. The van der Waals surface area contributed by atoms with Gasteiger partial charge in [0.15, 0.2) is 0 Å². The fraction of sp³-hybridized carbons (Fsp3) is 0.0833. The Balaban J connectivity index is 2.53. The molecule has 0 saturated carbocycles. The van der Waals surface area contributed by atoms with Crippen LogP contribution in [0.2, 0.25) is 15.1 Å². The van der Waals surface area contributed by atoms with E-state index in [0.717, 1.165) is 11.1 Å². The van der Waals surface area contributed by atoms with Crippen molar-refractivity contribution in [2.75, 3.05) is 7.11 Å². The Kier molecular flexibility index (Phi) is 3.77. The van der Waals surface area contributed by atoms with E-state index in [1.165, 1.54) is 7.11 Å². The summed E-state index contributed by atoms with van der Waals surface area (Å²) in [7, 11) is 1.51. The Labute approximate surface area is 114 Å². The third kappa shape index (κ3) is 2.65. The second kappa shape index (κ2) is 5.13. The number of nitrogens with zero attached hydrogens (tertiary/aromatic N) is 1. The molecular weight excluding hydrogens is 280 g/mol. The normalized spacial score (nSPS) is 10.4. The van der Waals surface area contributed by atoms with Crippen LogP contribution in [0.15, 0.2) is 30.5 Å². The lowest BCUT2D eigenvalue weighted by Gasteiger charge is -2.07. The van der Waals surface area contributed by atoms with Gasteiger partial charge in [0.25, 0.3) is 0 Å². The van der Waals surface area contributed by atoms with Crippen molar-refractivity contribution in [3.63, 3.8) is 0 Å². The van der Waals surface area contributed by atoms with Gasteiger partial charge in [-0.25, -0.2) is 4.98 Å². The number of hydrogen-bond donors (Lipinski definition) is 0. The van der Waals surface area contributed by atoms with Crippen molar-refractivity contribution < 1.29 is 4.74 Å². The molecule has 0 saturated heterocycles. The van der Waals surface area contributed by atoms with Gasteiger partial charge in [0.05, 0.1) is 7.11 Å². The predicted molar refractivity (Wildman–Crippen MR) is 71.3 cm³/mol. The van der Waals surface area contributed by atoms with Gasteiger partial charge in [-0.05, 0) is 24.3 Å². The quantitative estimate of drug-likeness (QED) is 0.798. The molecule has 0 spiro atoms. The molecule has 0 unspecified atom stereocenters. The van der Waals surface area contributed by atoms with Gasteiger partial charge in [-0.15, -0.1) is 0 Å². The molecule has 5 heteroatoms. The van der Waals surface area contributed by atoms with Crippen LogP contribution in [0.5, 0.6) is 5.88 Å². The molecule has 2 rings (SSSR count). The van der Waals surface area contributed by atoms with E-state index in [1.807, 2.05) is 0 Å². The minimum Gasteiger partial charge on any atom is -0.480 e. The largest absolute Gasteiger partial charge is 0.480 e. The summed E-state index contributed by atoms with van der Waals surface area (Å²) >= 11 is 18.0. The highest BCUT2D eigenvalue weighted by atomic mass is 35.5. The summed E-state index contributed by atoms with van der Waals surface area (Å²) in [5, 5.41) is 1.63. The van der Waals surface area contributed by atoms with E-state index in [2.05, 4.69) is 4.98 Å². The van der Waals surface area contributed by atoms with Gasteiger partial charge < -0.3 is 4.74 Å². The highest BCUT2D eigenvalue weighted by Crippen LogP contribution is 2.33. The van der Waals surface area contributed by atoms with Crippen LogP contribution in [0.1, 0.15) is 0 Å². The van der Waals surface area contributed by atoms with Crippen molar-refractivity contribution in [2.45, 2.75) is 0 Å². The molecule has 0 aliphatic rings. The summed E-state index contributed by atoms with van der Waals surface area (Å²) < 4.78 is 4.99. The van der Waals surface area contributed by atoms with E-state index < -0.39 is 0 Å². The standard InChI is InChI=1S/C12H8Cl3NO/c1-17-12-11(15)4-7(6-16-12)9-5-8(13)2-3-10(9)14/h2-6H,1H3. The van der Waals surface area contributed by atoms with Crippen LogP contribution in [0.25, 0.3) is 11.1 Å². The lowest BCUT2D eigenvalue weighted by Crippen LogP contribution is -1.89. The average Bonchev–Trinajstić information content (AvgIpc) is 2.32. The van der Waals surface area contributed by atoms with Gasteiger partial charge in [0, 0.05) is 27.4 Å². The van der Waals surface area contributed by atoms with Crippen molar-refractivity contribution >= 4 is 34.8 Å². The minimum absolute atomic E-state index is 0.383. The van der Waals surface area contributed by atoms with E-state index in [0.29, 0.717) is 20.9 Å². The fourth-order valence-corrected chi connectivity index (χ4v) is 2.08. The topological polar surface area (TPSA) is 22.1 Å². The van der Waals surface area contributed by atoms with Gasteiger partial charge in [-0.3, -0.25) is 0 Å². The average molecular weight is 289 g/mol. The smallest absolute Gasteiger partial charge is 0.232 e. The second-order valence-corrected chi connectivity index (χ2v) is 4.59. The Bertz CT molecular complexity index is 557. The third-order valence-corrected chi connectivity index (χ3v) is 3.08. The molecule has 1 aromatic heterocycles. The maximum Gasteiger partial charge on any atom is 0.232 e. The lowest BCUT2D eigenvalue weighted by molar-refractivity contribution is 0.398. The molecule has 88 valence electrons.